The highest BCUT2D eigenvalue weighted by Crippen LogP contribution is 2.17. The SMILES string of the molecule is COc1ccc(C=Nn2cc(C)nc2N)c(C(=O)O)c1. The number of imidazole rings is 1. The summed E-state index contributed by atoms with van der Waals surface area (Å²) in [6.45, 7) is 1.79. The van der Waals surface area contributed by atoms with Gasteiger partial charge in [0.25, 0.3) is 0 Å². The summed E-state index contributed by atoms with van der Waals surface area (Å²) in [6.07, 6.45) is 3.07. The average molecular weight is 274 g/mol. The second-order valence-corrected chi connectivity index (χ2v) is 4.09. The summed E-state index contributed by atoms with van der Waals surface area (Å²) in [4.78, 5) is 15.2. The van der Waals surface area contributed by atoms with Crippen molar-refractivity contribution >= 4 is 18.1 Å². The average Bonchev–Trinajstić information content (AvgIpc) is 2.74. The Labute approximate surface area is 115 Å². The van der Waals surface area contributed by atoms with Crippen LogP contribution in [0.3, 0.4) is 0 Å². The fourth-order valence-corrected chi connectivity index (χ4v) is 1.68. The number of carboxylic acids is 1. The van der Waals surface area contributed by atoms with Crippen LogP contribution >= 0.6 is 0 Å². The van der Waals surface area contributed by atoms with Gasteiger partial charge in [0.2, 0.25) is 5.95 Å². The molecule has 0 fully saturated rings. The molecule has 2 aromatic rings. The normalized spacial score (nSPS) is 10.9. The molecule has 104 valence electrons. The molecule has 0 saturated carbocycles. The molecule has 1 aromatic carbocycles. The van der Waals surface area contributed by atoms with E-state index >= 15 is 0 Å². The molecule has 0 amide bonds. The zero-order chi connectivity index (χ0) is 14.7. The molecular formula is C13H14N4O3. The lowest BCUT2D eigenvalue weighted by molar-refractivity contribution is 0.0696. The van der Waals surface area contributed by atoms with Crippen molar-refractivity contribution in [1.82, 2.24) is 9.66 Å². The Morgan fingerprint density at radius 2 is 2.30 bits per heavy atom. The minimum atomic E-state index is -1.06. The topological polar surface area (TPSA) is 103 Å². The molecule has 0 aliphatic heterocycles. The van der Waals surface area contributed by atoms with E-state index in [1.54, 1.807) is 25.3 Å². The lowest BCUT2D eigenvalue weighted by atomic mass is 10.1. The number of aryl methyl sites for hydroxylation is 1. The molecule has 1 aromatic heterocycles. The van der Waals surface area contributed by atoms with Crippen LogP contribution in [0, 0.1) is 6.92 Å². The maximum absolute atomic E-state index is 11.2. The number of methoxy groups -OCH3 is 1. The minimum Gasteiger partial charge on any atom is -0.497 e. The molecule has 7 nitrogen and oxygen atoms in total. The summed E-state index contributed by atoms with van der Waals surface area (Å²) >= 11 is 0. The van der Waals surface area contributed by atoms with E-state index in [9.17, 15) is 9.90 Å². The molecule has 0 radical (unpaired) electrons. The monoisotopic (exact) mass is 274 g/mol. The van der Waals surface area contributed by atoms with E-state index in [1.165, 1.54) is 24.1 Å². The van der Waals surface area contributed by atoms with E-state index in [2.05, 4.69) is 10.1 Å². The van der Waals surface area contributed by atoms with Crippen LogP contribution in [0.2, 0.25) is 0 Å². The quantitative estimate of drug-likeness (QED) is 0.819. The number of hydrogen-bond donors (Lipinski definition) is 2. The van der Waals surface area contributed by atoms with Crippen LogP contribution in [0.5, 0.6) is 5.75 Å². The molecule has 0 aliphatic carbocycles. The van der Waals surface area contributed by atoms with E-state index in [0.29, 0.717) is 11.3 Å². The van der Waals surface area contributed by atoms with E-state index in [4.69, 9.17) is 10.5 Å². The molecule has 0 saturated heterocycles. The fourth-order valence-electron chi connectivity index (χ4n) is 1.68. The first-order valence-corrected chi connectivity index (χ1v) is 5.78. The van der Waals surface area contributed by atoms with E-state index in [1.807, 2.05) is 0 Å². The number of ether oxygens (including phenoxy) is 1. The van der Waals surface area contributed by atoms with Crippen molar-refractivity contribution in [3.05, 3.63) is 41.2 Å². The lowest BCUT2D eigenvalue weighted by Gasteiger charge is -2.04. The highest BCUT2D eigenvalue weighted by molar-refractivity contribution is 5.98. The Balaban J connectivity index is 2.38. The number of nitrogens with two attached hydrogens (primary N) is 1. The molecule has 0 atom stereocenters. The Morgan fingerprint density at radius 3 is 2.85 bits per heavy atom. The zero-order valence-corrected chi connectivity index (χ0v) is 11.1. The van der Waals surface area contributed by atoms with Crippen LogP contribution < -0.4 is 10.5 Å². The number of anilines is 1. The van der Waals surface area contributed by atoms with Gasteiger partial charge in [-0.2, -0.15) is 5.10 Å². The lowest BCUT2D eigenvalue weighted by Crippen LogP contribution is -2.04. The molecule has 2 rings (SSSR count). The van der Waals surface area contributed by atoms with Gasteiger partial charge in [-0.3, -0.25) is 0 Å². The van der Waals surface area contributed by atoms with Crippen LogP contribution in [-0.4, -0.2) is 34.1 Å². The summed E-state index contributed by atoms with van der Waals surface area (Å²) in [7, 11) is 1.48. The first-order valence-electron chi connectivity index (χ1n) is 5.78. The van der Waals surface area contributed by atoms with Gasteiger partial charge in [0.1, 0.15) is 5.75 Å². The highest BCUT2D eigenvalue weighted by atomic mass is 16.5. The van der Waals surface area contributed by atoms with Crippen molar-refractivity contribution in [2.75, 3.05) is 12.8 Å². The summed E-state index contributed by atoms with van der Waals surface area (Å²) < 4.78 is 6.38. The first kappa shape index (κ1) is 13.6. The van der Waals surface area contributed by atoms with Crippen molar-refractivity contribution in [3.63, 3.8) is 0 Å². The predicted molar refractivity (Wildman–Crippen MR) is 74.3 cm³/mol. The van der Waals surface area contributed by atoms with Crippen LogP contribution in [0.4, 0.5) is 5.95 Å². The highest BCUT2D eigenvalue weighted by Gasteiger charge is 2.10. The van der Waals surface area contributed by atoms with Gasteiger partial charge >= 0.3 is 5.97 Å². The largest absolute Gasteiger partial charge is 0.497 e. The van der Waals surface area contributed by atoms with E-state index in [-0.39, 0.29) is 11.5 Å². The van der Waals surface area contributed by atoms with Crippen LogP contribution in [0.1, 0.15) is 21.6 Å². The molecule has 1 heterocycles. The summed E-state index contributed by atoms with van der Waals surface area (Å²) in [5.74, 6) is -0.346. The number of aromatic nitrogens is 2. The third kappa shape index (κ3) is 2.77. The standard InChI is InChI=1S/C13H14N4O3/c1-8-7-17(13(14)16-8)15-6-9-3-4-10(20-2)5-11(9)12(18)19/h3-7H,1-2H3,(H2,14,16)(H,18,19). The molecule has 0 spiro atoms. The number of hydrogen-bond acceptors (Lipinski definition) is 5. The minimum absolute atomic E-state index is 0.100. The molecular weight excluding hydrogens is 260 g/mol. The Kier molecular flexibility index (Phi) is 3.69. The van der Waals surface area contributed by atoms with Crippen LogP contribution in [0.25, 0.3) is 0 Å². The number of aromatic carboxylic acids is 1. The number of carboxylic acid groups (broad SMARTS) is 1. The molecule has 3 N–H and O–H groups in total. The predicted octanol–water partition coefficient (Wildman–Crippen LogP) is 1.36. The number of nitrogens with zero attached hydrogens (tertiary/aromatic N) is 3. The Bertz CT molecular complexity index is 676. The van der Waals surface area contributed by atoms with E-state index in [0.717, 1.165) is 5.69 Å². The smallest absolute Gasteiger partial charge is 0.336 e. The number of benzene rings is 1. The van der Waals surface area contributed by atoms with Gasteiger partial charge in [-0.1, -0.05) is 0 Å². The molecule has 7 heteroatoms. The maximum Gasteiger partial charge on any atom is 0.336 e. The van der Waals surface area contributed by atoms with E-state index < -0.39 is 5.97 Å². The molecule has 0 aliphatic rings. The number of nitrogen functional groups attached to an aromatic ring is 1. The molecule has 0 bridgehead atoms. The van der Waals surface area contributed by atoms with Crippen molar-refractivity contribution in [1.29, 1.82) is 0 Å². The van der Waals surface area contributed by atoms with Crippen molar-refractivity contribution in [2.45, 2.75) is 6.92 Å². The number of rotatable bonds is 4. The second kappa shape index (κ2) is 5.43. The summed E-state index contributed by atoms with van der Waals surface area (Å²) in [5.41, 5.74) is 6.93. The van der Waals surface area contributed by atoms with Gasteiger partial charge in [0.05, 0.1) is 30.8 Å². The second-order valence-electron chi connectivity index (χ2n) is 4.09. The molecule has 0 unspecified atom stereocenters. The van der Waals surface area contributed by atoms with Crippen molar-refractivity contribution in [2.24, 2.45) is 5.10 Å². The van der Waals surface area contributed by atoms with Crippen LogP contribution in [0.15, 0.2) is 29.5 Å². The number of carbonyl (C=O) groups is 1. The third-order valence-electron chi connectivity index (χ3n) is 2.65. The van der Waals surface area contributed by atoms with Gasteiger partial charge < -0.3 is 15.6 Å². The first-order chi connectivity index (χ1) is 9.51. The van der Waals surface area contributed by atoms with Gasteiger partial charge in [-0.05, 0) is 25.1 Å². The van der Waals surface area contributed by atoms with Crippen molar-refractivity contribution < 1.29 is 14.6 Å². The Hall–Kier alpha value is -2.83. The van der Waals surface area contributed by atoms with Gasteiger partial charge in [-0.15, -0.1) is 0 Å². The van der Waals surface area contributed by atoms with Gasteiger partial charge in [-0.25, -0.2) is 14.5 Å². The Morgan fingerprint density at radius 1 is 1.55 bits per heavy atom. The third-order valence-corrected chi connectivity index (χ3v) is 2.65. The van der Waals surface area contributed by atoms with Crippen LogP contribution in [-0.2, 0) is 0 Å². The fraction of sp³-hybridized carbons (Fsp3) is 0.154. The van der Waals surface area contributed by atoms with Gasteiger partial charge in [0, 0.05) is 5.56 Å². The summed E-state index contributed by atoms with van der Waals surface area (Å²) in [5, 5.41) is 13.3. The molecule has 20 heavy (non-hydrogen) atoms. The summed E-state index contributed by atoms with van der Waals surface area (Å²) in [6, 6.07) is 4.72. The van der Waals surface area contributed by atoms with Crippen molar-refractivity contribution in [3.8, 4) is 5.75 Å². The maximum atomic E-state index is 11.2. The zero-order valence-electron chi connectivity index (χ0n) is 11.1. The van der Waals surface area contributed by atoms with Gasteiger partial charge in [0.15, 0.2) is 0 Å².